The molecule has 0 aliphatic heterocycles. The van der Waals surface area contributed by atoms with E-state index >= 15 is 0 Å². The van der Waals surface area contributed by atoms with Gasteiger partial charge in [-0.1, -0.05) is 27.9 Å². The van der Waals surface area contributed by atoms with Gasteiger partial charge in [0.2, 0.25) is 0 Å². The van der Waals surface area contributed by atoms with Crippen molar-refractivity contribution >= 4 is 136 Å². The van der Waals surface area contributed by atoms with Gasteiger partial charge in [-0.2, -0.15) is 0 Å². The van der Waals surface area contributed by atoms with Gasteiger partial charge in [-0.15, -0.1) is 0 Å². The molecule has 0 aliphatic carbocycles. The molecule has 0 aliphatic rings. The summed E-state index contributed by atoms with van der Waals surface area (Å²) in [7, 11) is 0. The molecule has 140 heavy (non-hydrogen) atoms. The Kier molecular flexibility index (Phi) is 31.2. The quantitative estimate of drug-likeness (QED) is 0.151. The number of aryl methyl sites for hydroxylation is 25. The largest absolute Gasteiger partial charge is 0.0729 e. The zero-order valence-electron chi connectivity index (χ0n) is 100. The summed E-state index contributed by atoms with van der Waals surface area (Å²) in [6, 6.07) is 0. The van der Waals surface area contributed by atoms with Crippen molar-refractivity contribution < 1.29 is 0 Å². The SMILES string of the molecule is CC(C)=C(C)c1c(C)c(C)c(C)c2c(C)c3c(C)c(C)c(C)c(C)c3c(C)c12.CC(C)=C(C)c1c(C)c(C)c(C)c2c(C)c3c(C)c(C)c(C)c(C)c3c(C)c12.CC(C)=C(C)c1c(C)c(C)c(C)c2c(C)c3c(C)c(C)c(C)c(C)c3c(C)c12.CC(C)=C(C)c1c(C)c(C)c(C)c2c(C)c3c(C)c(C)c(C)c(C)c3c(C)c12.CC(C)=C(C)c1c2c(C)c(C)c(C)c(C)c2c(C)c2c(C)c(C)c(C)c(C)c12. The van der Waals surface area contributed by atoms with E-state index in [0.29, 0.717) is 0 Å². The second kappa shape index (κ2) is 39.7. The minimum Gasteiger partial charge on any atom is -0.0729 e. The van der Waals surface area contributed by atoms with E-state index in [-0.39, 0.29) is 0 Å². The van der Waals surface area contributed by atoms with Gasteiger partial charge in [-0.3, -0.25) is 0 Å². The van der Waals surface area contributed by atoms with Crippen molar-refractivity contribution in [3.05, 3.63) is 306 Å². The Bertz CT molecular complexity index is 7290. The summed E-state index contributed by atoms with van der Waals surface area (Å²) in [5, 5.41) is 29.4. The minimum absolute atomic E-state index is 1.40. The van der Waals surface area contributed by atoms with Crippen molar-refractivity contribution in [1.82, 2.24) is 0 Å². The van der Waals surface area contributed by atoms with Gasteiger partial charge < -0.3 is 0 Å². The Morgan fingerprint density at radius 2 is 0.143 bits per heavy atom. The van der Waals surface area contributed by atoms with E-state index in [0.717, 1.165) is 0 Å². The van der Waals surface area contributed by atoms with Crippen LogP contribution in [0.3, 0.4) is 0 Å². The van der Waals surface area contributed by atoms with Gasteiger partial charge in [-0.25, -0.2) is 0 Å². The maximum atomic E-state index is 2.35. The summed E-state index contributed by atoms with van der Waals surface area (Å²) < 4.78 is 0. The van der Waals surface area contributed by atoms with Crippen molar-refractivity contribution in [1.29, 1.82) is 0 Å². The monoisotopic (exact) mass is 1860 g/mol. The zero-order chi connectivity index (χ0) is 106. The van der Waals surface area contributed by atoms with E-state index in [4.69, 9.17) is 0 Å². The van der Waals surface area contributed by atoms with Crippen molar-refractivity contribution in [2.45, 2.75) is 415 Å². The van der Waals surface area contributed by atoms with E-state index in [2.05, 4.69) is 415 Å². The van der Waals surface area contributed by atoms with Gasteiger partial charge in [0.1, 0.15) is 0 Å². The molecular formula is C140H180. The van der Waals surface area contributed by atoms with Crippen LogP contribution in [-0.4, -0.2) is 0 Å². The molecular weight excluding hydrogens is 1680 g/mol. The fourth-order valence-corrected chi connectivity index (χ4v) is 25.9. The highest BCUT2D eigenvalue weighted by molar-refractivity contribution is 6.20. The standard InChI is InChI=1S/5C28H36/c1-13(2)14(3)26-27-21(10)17(6)15(4)19(8)24(27)23(12)25-20(9)16(5)18(7)22(11)28(25)26;4*1-13(2)14(3)24-20(9)17(6)21(10)27-22(11)25-18(7)15(4)16(5)19(8)26(25)23(12)28(24)27/h5*1-12H3. The van der Waals surface area contributed by atoms with Gasteiger partial charge in [0.05, 0.1) is 0 Å². The van der Waals surface area contributed by atoms with Crippen LogP contribution in [0.5, 0.6) is 0 Å². The maximum Gasteiger partial charge on any atom is -0.00648 e. The number of allylic oxidation sites excluding steroid dienone is 10. The second-order valence-electron chi connectivity index (χ2n) is 45.6. The second-order valence-corrected chi connectivity index (χ2v) is 45.6. The molecule has 0 spiro atoms. The summed E-state index contributed by atoms with van der Waals surface area (Å²) in [4.78, 5) is 0. The van der Waals surface area contributed by atoms with Crippen LogP contribution in [0.4, 0.5) is 0 Å². The van der Waals surface area contributed by atoms with Crippen LogP contribution >= 0.6 is 0 Å². The smallest absolute Gasteiger partial charge is 0.00648 e. The Morgan fingerprint density at radius 1 is 0.0714 bits per heavy atom. The van der Waals surface area contributed by atoms with E-state index in [1.807, 2.05) is 0 Å². The molecule has 0 unspecified atom stereocenters. The van der Waals surface area contributed by atoms with E-state index in [1.165, 1.54) is 442 Å². The van der Waals surface area contributed by atoms with Crippen molar-refractivity contribution in [2.75, 3.05) is 0 Å². The van der Waals surface area contributed by atoms with Gasteiger partial charge in [0, 0.05) is 0 Å². The Morgan fingerprint density at radius 3 is 0.250 bits per heavy atom. The Hall–Kier alpha value is -10.4. The average Bonchev–Trinajstić information content (AvgIpc) is 0.770. The molecule has 0 heteroatoms. The average molecular weight is 1860 g/mol. The van der Waals surface area contributed by atoms with Gasteiger partial charge >= 0.3 is 0 Å². The van der Waals surface area contributed by atoms with Crippen LogP contribution in [0.15, 0.2) is 27.9 Å². The fourth-order valence-electron chi connectivity index (χ4n) is 25.9. The van der Waals surface area contributed by atoms with Crippen LogP contribution < -0.4 is 0 Å². The number of hydrogen-bond acceptors (Lipinski definition) is 0. The van der Waals surface area contributed by atoms with Crippen LogP contribution in [0, 0.1) is 312 Å². The number of benzene rings is 15. The first kappa shape index (κ1) is 110. The highest BCUT2D eigenvalue weighted by Crippen LogP contribution is 2.53. The number of rotatable bonds is 5. The fraction of sp³-hybridized carbons (Fsp3) is 0.429. The molecule has 15 aromatic rings. The number of hydrogen-bond donors (Lipinski definition) is 0. The minimum atomic E-state index is 1.40. The van der Waals surface area contributed by atoms with Crippen LogP contribution in [0.1, 0.15) is 382 Å². The van der Waals surface area contributed by atoms with Crippen molar-refractivity contribution in [3.8, 4) is 0 Å². The summed E-state index contributed by atoms with van der Waals surface area (Å²) in [5.41, 5.74) is 86.2. The molecule has 0 N–H and O–H groups in total. The van der Waals surface area contributed by atoms with Gasteiger partial charge in [0.15, 0.2) is 0 Å². The lowest BCUT2D eigenvalue weighted by atomic mass is 9.78. The predicted octanol–water partition coefficient (Wildman–Crippen LogP) is 42.9. The van der Waals surface area contributed by atoms with E-state index in [1.54, 1.807) is 0 Å². The summed E-state index contributed by atoms with van der Waals surface area (Å²) in [6.07, 6.45) is 0. The molecule has 0 atom stereocenters. The molecule has 0 heterocycles. The third-order valence-electron chi connectivity index (χ3n) is 38.5. The molecule has 0 saturated heterocycles. The first-order valence-electron chi connectivity index (χ1n) is 52.5. The lowest BCUT2D eigenvalue weighted by Crippen LogP contribution is -2.04. The Labute approximate surface area is 851 Å². The summed E-state index contributed by atoms with van der Waals surface area (Å²) in [6.45, 7) is 138. The molecule has 0 aromatic heterocycles. The molecule has 15 rings (SSSR count). The highest BCUT2D eigenvalue weighted by atomic mass is 14.4. The zero-order valence-corrected chi connectivity index (χ0v) is 100. The number of fused-ring (bicyclic) bond motifs is 10. The van der Waals surface area contributed by atoms with Gasteiger partial charge in [-0.05, 0) is 829 Å². The van der Waals surface area contributed by atoms with Crippen LogP contribution in [-0.2, 0) is 0 Å². The van der Waals surface area contributed by atoms with E-state index < -0.39 is 0 Å². The Balaban J connectivity index is 0.000000167. The molecule has 740 valence electrons. The first-order chi connectivity index (χ1) is 64.6. The first-order valence-corrected chi connectivity index (χ1v) is 52.5. The molecule has 0 fully saturated rings. The van der Waals surface area contributed by atoms with Crippen LogP contribution in [0.25, 0.3) is 136 Å². The highest BCUT2D eigenvalue weighted by Gasteiger charge is 2.31. The molecule has 0 radical (unpaired) electrons. The van der Waals surface area contributed by atoms with Crippen molar-refractivity contribution in [2.24, 2.45) is 0 Å². The maximum absolute atomic E-state index is 2.35. The third kappa shape index (κ3) is 16.7. The topological polar surface area (TPSA) is 0 Å². The van der Waals surface area contributed by atoms with E-state index in [9.17, 15) is 0 Å². The molecule has 0 saturated carbocycles. The molecule has 15 aromatic carbocycles. The lowest BCUT2D eigenvalue weighted by molar-refractivity contribution is 1.23. The molecule has 0 nitrogen and oxygen atoms in total. The normalized spacial score (nSPS) is 11.6. The lowest BCUT2D eigenvalue weighted by Gasteiger charge is -2.26. The third-order valence-corrected chi connectivity index (χ3v) is 38.5. The summed E-state index contributed by atoms with van der Waals surface area (Å²) >= 11 is 0. The summed E-state index contributed by atoms with van der Waals surface area (Å²) in [5.74, 6) is 0. The van der Waals surface area contributed by atoms with Crippen molar-refractivity contribution in [3.63, 3.8) is 0 Å². The molecule has 0 amide bonds. The molecule has 0 bridgehead atoms. The predicted molar refractivity (Wildman–Crippen MR) is 640 cm³/mol. The van der Waals surface area contributed by atoms with Gasteiger partial charge in [0.25, 0.3) is 0 Å². The van der Waals surface area contributed by atoms with Crippen LogP contribution in [0.2, 0.25) is 0 Å².